The minimum Gasteiger partial charge on any atom is -0.344 e. The number of hydrogen-bond acceptors (Lipinski definition) is 7. The van der Waals surface area contributed by atoms with Crippen molar-refractivity contribution in [2.75, 3.05) is 13.1 Å². The van der Waals surface area contributed by atoms with Gasteiger partial charge >= 0.3 is 0 Å². The fourth-order valence-electron chi connectivity index (χ4n) is 6.28. The summed E-state index contributed by atoms with van der Waals surface area (Å²) in [7, 11) is 0. The van der Waals surface area contributed by atoms with E-state index in [1.54, 1.807) is 11.3 Å². The fourth-order valence-corrected chi connectivity index (χ4v) is 7.26. The van der Waals surface area contributed by atoms with Crippen LogP contribution in [0.5, 0.6) is 0 Å². The van der Waals surface area contributed by atoms with Gasteiger partial charge in [0.25, 0.3) is 0 Å². The van der Waals surface area contributed by atoms with Gasteiger partial charge in [-0.05, 0) is 50.4 Å². The fraction of sp³-hybridized carbons (Fsp3) is 0.414. The van der Waals surface area contributed by atoms with E-state index in [-0.39, 0.29) is 29.5 Å². The number of ether oxygens (including phenoxy) is 2. The standard InChI is InChI=1S/C29H30ClN5O2S/c1-29(2)36-24-20(18-9-6-10-31-13-18)12-23(25(24)37-29)35-15-22(21-14-32-28(30)34-26(21)35)27-33-19(16-38-27)11-17-7-4-3-5-8-17/h3-5,7-9,14-16,20,23-25,31H,6,10-13H2,1-2H3/t20?,23-,24-,25+/m1/s1. The lowest BCUT2D eigenvalue weighted by Gasteiger charge is -2.27. The Labute approximate surface area is 230 Å². The Morgan fingerprint density at radius 1 is 1.16 bits per heavy atom. The minimum atomic E-state index is -0.630. The van der Waals surface area contributed by atoms with E-state index in [2.05, 4.69) is 56.8 Å². The van der Waals surface area contributed by atoms with Crippen molar-refractivity contribution in [2.24, 2.45) is 5.92 Å². The molecule has 2 fully saturated rings. The molecule has 3 aliphatic rings. The number of hydrogen-bond donors (Lipinski definition) is 1. The van der Waals surface area contributed by atoms with E-state index >= 15 is 0 Å². The zero-order valence-electron chi connectivity index (χ0n) is 21.4. The van der Waals surface area contributed by atoms with Gasteiger partial charge in [-0.2, -0.15) is 4.98 Å². The quantitative estimate of drug-likeness (QED) is 0.251. The average Bonchev–Trinajstić information content (AvgIpc) is 3.66. The molecule has 3 aromatic heterocycles. The van der Waals surface area contributed by atoms with Gasteiger partial charge in [0.15, 0.2) is 5.79 Å². The summed E-state index contributed by atoms with van der Waals surface area (Å²) in [5.41, 5.74) is 5.56. The highest BCUT2D eigenvalue weighted by Crippen LogP contribution is 2.50. The highest BCUT2D eigenvalue weighted by molar-refractivity contribution is 7.13. The Balaban J connectivity index is 1.28. The summed E-state index contributed by atoms with van der Waals surface area (Å²) in [6, 6.07) is 10.5. The highest BCUT2D eigenvalue weighted by Gasteiger charge is 2.55. The van der Waals surface area contributed by atoms with Crippen LogP contribution < -0.4 is 5.32 Å². The maximum absolute atomic E-state index is 6.55. The number of aromatic nitrogens is 4. The van der Waals surface area contributed by atoms with E-state index in [4.69, 9.17) is 31.0 Å². The summed E-state index contributed by atoms with van der Waals surface area (Å²) in [5.74, 6) is -0.343. The van der Waals surface area contributed by atoms with Crippen molar-refractivity contribution in [1.29, 1.82) is 0 Å². The van der Waals surface area contributed by atoms with Gasteiger partial charge in [-0.3, -0.25) is 0 Å². The average molecular weight is 548 g/mol. The molecule has 196 valence electrons. The smallest absolute Gasteiger partial charge is 0.224 e. The van der Waals surface area contributed by atoms with Gasteiger partial charge in [-0.1, -0.05) is 42.0 Å². The molecule has 0 radical (unpaired) electrons. The molecule has 2 aliphatic heterocycles. The van der Waals surface area contributed by atoms with E-state index in [0.29, 0.717) is 0 Å². The first-order chi connectivity index (χ1) is 18.4. The molecule has 7 rings (SSSR count). The summed E-state index contributed by atoms with van der Waals surface area (Å²) in [6.45, 7) is 5.95. The third-order valence-electron chi connectivity index (χ3n) is 7.88. The first-order valence-electron chi connectivity index (χ1n) is 13.2. The van der Waals surface area contributed by atoms with Crippen molar-refractivity contribution >= 4 is 34.0 Å². The molecule has 1 unspecified atom stereocenters. The van der Waals surface area contributed by atoms with E-state index in [9.17, 15) is 0 Å². The maximum atomic E-state index is 6.55. The number of thiazole rings is 1. The first kappa shape index (κ1) is 24.4. The Morgan fingerprint density at radius 3 is 2.82 bits per heavy atom. The summed E-state index contributed by atoms with van der Waals surface area (Å²) in [4.78, 5) is 14.0. The van der Waals surface area contributed by atoms with E-state index in [1.807, 2.05) is 26.1 Å². The van der Waals surface area contributed by atoms with E-state index in [0.717, 1.165) is 59.7 Å². The summed E-state index contributed by atoms with van der Waals surface area (Å²) >= 11 is 7.99. The van der Waals surface area contributed by atoms with Gasteiger partial charge in [0.1, 0.15) is 16.8 Å². The molecule has 9 heteroatoms. The highest BCUT2D eigenvalue weighted by atomic mass is 35.5. The number of rotatable bonds is 5. The number of nitrogens with one attached hydrogen (secondary N) is 1. The molecule has 4 atom stereocenters. The van der Waals surface area contributed by atoms with Crippen molar-refractivity contribution in [3.63, 3.8) is 0 Å². The van der Waals surface area contributed by atoms with Gasteiger partial charge in [0.2, 0.25) is 5.28 Å². The lowest BCUT2D eigenvalue weighted by molar-refractivity contribution is -0.158. The molecule has 0 spiro atoms. The van der Waals surface area contributed by atoms with Gasteiger partial charge in [-0.15, -0.1) is 11.3 Å². The molecule has 5 heterocycles. The van der Waals surface area contributed by atoms with Crippen molar-refractivity contribution in [3.05, 3.63) is 76.3 Å². The second-order valence-corrected chi connectivity index (χ2v) is 12.0. The van der Waals surface area contributed by atoms with Crippen LogP contribution >= 0.6 is 22.9 Å². The topological polar surface area (TPSA) is 74.1 Å². The molecule has 0 amide bonds. The Hall–Kier alpha value is -2.62. The van der Waals surface area contributed by atoms with Crippen LogP contribution in [0.1, 0.15) is 44.0 Å². The van der Waals surface area contributed by atoms with Gasteiger partial charge in [0, 0.05) is 47.6 Å². The van der Waals surface area contributed by atoms with Crippen LogP contribution in [0.15, 0.2) is 59.8 Å². The zero-order chi connectivity index (χ0) is 25.9. The van der Waals surface area contributed by atoms with Crippen molar-refractivity contribution < 1.29 is 9.47 Å². The molecule has 7 nitrogen and oxygen atoms in total. The number of nitrogens with zero attached hydrogens (tertiary/aromatic N) is 4. The van der Waals surface area contributed by atoms with Gasteiger partial charge < -0.3 is 19.4 Å². The zero-order valence-corrected chi connectivity index (χ0v) is 23.0. The second kappa shape index (κ2) is 9.54. The van der Waals surface area contributed by atoms with Crippen molar-refractivity contribution in [2.45, 2.75) is 57.1 Å². The van der Waals surface area contributed by atoms with Crippen LogP contribution in [0.2, 0.25) is 5.28 Å². The molecule has 1 saturated heterocycles. The normalized spacial score (nSPS) is 26.6. The molecular formula is C29H30ClN5O2S. The summed E-state index contributed by atoms with van der Waals surface area (Å²) < 4.78 is 15.3. The number of fused-ring (bicyclic) bond motifs is 2. The molecule has 1 aliphatic carbocycles. The minimum absolute atomic E-state index is 0.00306. The van der Waals surface area contributed by atoms with Crippen LogP contribution in [0.4, 0.5) is 0 Å². The lowest BCUT2D eigenvalue weighted by atomic mass is 9.92. The molecular weight excluding hydrogens is 518 g/mol. The summed E-state index contributed by atoms with van der Waals surface area (Å²) in [5, 5.41) is 7.82. The van der Waals surface area contributed by atoms with Crippen molar-refractivity contribution in [3.8, 4) is 10.6 Å². The van der Waals surface area contributed by atoms with Gasteiger partial charge in [0.05, 0.1) is 17.8 Å². The van der Waals surface area contributed by atoms with Gasteiger partial charge in [-0.25, -0.2) is 9.97 Å². The monoisotopic (exact) mass is 547 g/mol. The predicted octanol–water partition coefficient (Wildman–Crippen LogP) is 5.80. The number of benzene rings is 1. The molecule has 4 aromatic rings. The Morgan fingerprint density at radius 2 is 2.00 bits per heavy atom. The predicted molar refractivity (Wildman–Crippen MR) is 149 cm³/mol. The third-order valence-corrected chi connectivity index (χ3v) is 8.98. The maximum Gasteiger partial charge on any atom is 0.224 e. The first-order valence-corrected chi connectivity index (χ1v) is 14.5. The van der Waals surface area contributed by atoms with E-state index < -0.39 is 5.79 Å². The lowest BCUT2D eigenvalue weighted by Crippen LogP contribution is -2.32. The Kier molecular flexibility index (Phi) is 6.13. The van der Waals surface area contributed by atoms with Crippen LogP contribution in [-0.2, 0) is 15.9 Å². The molecule has 0 bridgehead atoms. The molecule has 1 aromatic carbocycles. The van der Waals surface area contributed by atoms with Crippen molar-refractivity contribution in [1.82, 2.24) is 24.8 Å². The second-order valence-electron chi connectivity index (χ2n) is 10.9. The Bertz CT molecular complexity index is 1510. The SMILES string of the molecule is CC1(C)O[C@@H]2[C@H](O1)C(C1=CCCNC1)C[C@H]2n1cc(-c2nc(Cc3ccccc3)cs2)c2cnc(Cl)nc21. The van der Waals surface area contributed by atoms with Crippen LogP contribution in [0.3, 0.4) is 0 Å². The number of halogens is 1. The summed E-state index contributed by atoms with van der Waals surface area (Å²) in [6.07, 6.45) is 9.06. The third kappa shape index (κ3) is 4.38. The largest absolute Gasteiger partial charge is 0.344 e. The van der Waals surface area contributed by atoms with Crippen LogP contribution in [0.25, 0.3) is 21.6 Å². The molecule has 1 saturated carbocycles. The molecule has 1 N–H and O–H groups in total. The van der Waals surface area contributed by atoms with E-state index in [1.165, 1.54) is 11.1 Å². The van der Waals surface area contributed by atoms with Crippen LogP contribution in [0, 0.1) is 5.92 Å². The molecule has 38 heavy (non-hydrogen) atoms. The van der Waals surface area contributed by atoms with Crippen LogP contribution in [-0.4, -0.2) is 50.6 Å².